The Morgan fingerprint density at radius 1 is 1.02 bits per heavy atom. The van der Waals surface area contributed by atoms with Crippen LogP contribution in [-0.2, 0) is 22.4 Å². The van der Waals surface area contributed by atoms with Crippen molar-refractivity contribution in [1.29, 1.82) is 0 Å². The molecule has 0 aromatic heterocycles. The number of fused-ring (bicyclic) bond motifs is 1. The van der Waals surface area contributed by atoms with Crippen molar-refractivity contribution in [3.8, 4) is 5.75 Å². The molecule has 0 aliphatic heterocycles. The molecule has 10 heteroatoms. The van der Waals surface area contributed by atoms with Crippen LogP contribution in [0.2, 0.25) is 0 Å². The second kappa shape index (κ2) is 15.3. The zero-order valence-electron chi connectivity index (χ0n) is 23.2. The summed E-state index contributed by atoms with van der Waals surface area (Å²) in [5, 5.41) is 21.8. The Morgan fingerprint density at radius 2 is 1.71 bits per heavy atom. The highest BCUT2D eigenvalue weighted by atomic mass is 16.6. The van der Waals surface area contributed by atoms with E-state index in [1.54, 1.807) is 37.4 Å². The van der Waals surface area contributed by atoms with Crippen molar-refractivity contribution in [2.75, 3.05) is 7.11 Å². The molecule has 0 heterocycles. The molecule has 0 fully saturated rings. The number of nitro benzene ring substituents is 2. The minimum Gasteiger partial charge on any atom is -0.496 e. The maximum atomic E-state index is 12.4. The van der Waals surface area contributed by atoms with E-state index in [0.29, 0.717) is 5.56 Å². The highest BCUT2D eigenvalue weighted by Gasteiger charge is 2.24. The van der Waals surface area contributed by atoms with E-state index < -0.39 is 33.1 Å². The van der Waals surface area contributed by atoms with Crippen molar-refractivity contribution in [3.63, 3.8) is 0 Å². The van der Waals surface area contributed by atoms with E-state index in [0.717, 1.165) is 29.9 Å². The van der Waals surface area contributed by atoms with Gasteiger partial charge in [-0.05, 0) is 47.9 Å². The summed E-state index contributed by atoms with van der Waals surface area (Å²) >= 11 is 0. The van der Waals surface area contributed by atoms with Gasteiger partial charge in [-0.25, -0.2) is 0 Å². The molecular weight excluding hydrogens is 528 g/mol. The van der Waals surface area contributed by atoms with E-state index in [9.17, 15) is 29.8 Å². The van der Waals surface area contributed by atoms with Crippen LogP contribution in [0.5, 0.6) is 5.75 Å². The molecule has 0 spiro atoms. The minimum absolute atomic E-state index is 0.195. The molecule has 3 aromatic carbocycles. The normalized spacial score (nSPS) is 14.4. The molecular formula is C31H34N2O8. The van der Waals surface area contributed by atoms with Crippen LogP contribution < -0.4 is 4.74 Å². The summed E-state index contributed by atoms with van der Waals surface area (Å²) in [6.07, 6.45) is 6.69. The number of hydrogen-bond donors (Lipinski definition) is 0. The highest BCUT2D eigenvalue weighted by molar-refractivity contribution is 5.97. The van der Waals surface area contributed by atoms with E-state index in [4.69, 9.17) is 9.47 Å². The molecule has 0 saturated heterocycles. The van der Waals surface area contributed by atoms with Gasteiger partial charge in [-0.1, -0.05) is 68.7 Å². The predicted molar refractivity (Wildman–Crippen MR) is 153 cm³/mol. The molecule has 0 N–H and O–H groups in total. The van der Waals surface area contributed by atoms with Crippen molar-refractivity contribution in [1.82, 2.24) is 0 Å². The number of benzene rings is 3. The van der Waals surface area contributed by atoms with Crippen LogP contribution in [0.1, 0.15) is 72.2 Å². The summed E-state index contributed by atoms with van der Waals surface area (Å²) in [5.74, 6) is 1.37. The number of ketones is 1. The number of non-ortho nitro benzene ring substituents is 2. The second-order valence-corrected chi connectivity index (χ2v) is 9.86. The lowest BCUT2D eigenvalue weighted by Crippen LogP contribution is -2.15. The SMILES string of the molecule is CCCC[C@H]1CCc2c(cccc2OC)C1.O=CO[C@@H](CC(=O)c1cc([N+](=O)[O-])cc([N+](=O)[O-])c1)c1ccccc1. The number of nitro groups is 2. The molecule has 0 saturated carbocycles. The van der Waals surface area contributed by atoms with Crippen molar-refractivity contribution < 1.29 is 28.9 Å². The number of carbonyl (C=O) groups excluding carboxylic acids is 2. The van der Waals surface area contributed by atoms with Crippen LogP contribution in [-0.4, -0.2) is 29.2 Å². The van der Waals surface area contributed by atoms with Gasteiger partial charge in [0.15, 0.2) is 5.78 Å². The first-order chi connectivity index (χ1) is 19.8. The fourth-order valence-electron chi connectivity index (χ4n) is 5.01. The van der Waals surface area contributed by atoms with Gasteiger partial charge in [0, 0.05) is 17.7 Å². The smallest absolute Gasteiger partial charge is 0.293 e. The maximum Gasteiger partial charge on any atom is 0.293 e. The summed E-state index contributed by atoms with van der Waals surface area (Å²) in [6, 6.07) is 17.6. The molecule has 0 unspecified atom stereocenters. The van der Waals surface area contributed by atoms with Gasteiger partial charge in [-0.2, -0.15) is 0 Å². The van der Waals surface area contributed by atoms with E-state index >= 15 is 0 Å². The van der Waals surface area contributed by atoms with Crippen molar-refractivity contribution in [3.05, 3.63) is 109 Å². The first-order valence-electron chi connectivity index (χ1n) is 13.5. The third kappa shape index (κ3) is 8.69. The summed E-state index contributed by atoms with van der Waals surface area (Å²) in [4.78, 5) is 43.2. The summed E-state index contributed by atoms with van der Waals surface area (Å²) < 4.78 is 10.3. The number of carbonyl (C=O) groups is 2. The van der Waals surface area contributed by atoms with Crippen LogP contribution in [0, 0.1) is 26.1 Å². The van der Waals surface area contributed by atoms with Gasteiger partial charge in [-0.3, -0.25) is 29.8 Å². The Kier molecular flexibility index (Phi) is 11.5. The standard InChI is InChI=1S/C16H12N2O7.C15H22O/c19-10-25-16(11-4-2-1-3-5-11)9-15(20)12-6-13(17(21)22)8-14(7-12)18(23)24;1-3-4-6-12-9-10-14-13(11-12)7-5-8-15(14)16-2/h1-8,10,16H,9H2;5,7-8,12H,3-4,6,9-11H2,1-2H3/t16-;12-/m00/s1. The number of hydrogen-bond acceptors (Lipinski definition) is 8. The molecule has 4 rings (SSSR count). The number of ether oxygens (including phenoxy) is 2. The average molecular weight is 563 g/mol. The van der Waals surface area contributed by atoms with E-state index in [2.05, 4.69) is 25.1 Å². The van der Waals surface area contributed by atoms with Gasteiger partial charge in [0.1, 0.15) is 11.9 Å². The van der Waals surface area contributed by atoms with Crippen LogP contribution in [0.15, 0.2) is 66.7 Å². The van der Waals surface area contributed by atoms with Crippen LogP contribution in [0.3, 0.4) is 0 Å². The average Bonchev–Trinajstić information content (AvgIpc) is 2.99. The Morgan fingerprint density at radius 3 is 2.29 bits per heavy atom. The number of rotatable bonds is 12. The summed E-state index contributed by atoms with van der Waals surface area (Å²) in [7, 11) is 1.78. The van der Waals surface area contributed by atoms with Gasteiger partial charge < -0.3 is 9.47 Å². The first-order valence-corrected chi connectivity index (χ1v) is 13.5. The number of Topliss-reactive ketones (excluding diaryl/α,β-unsaturated/α-hetero) is 1. The fourth-order valence-corrected chi connectivity index (χ4v) is 5.01. The summed E-state index contributed by atoms with van der Waals surface area (Å²) in [6.45, 7) is 2.47. The van der Waals surface area contributed by atoms with Crippen LogP contribution >= 0.6 is 0 Å². The van der Waals surface area contributed by atoms with Gasteiger partial charge in [0.05, 0.1) is 29.4 Å². The number of nitrogens with zero attached hydrogens (tertiary/aromatic N) is 2. The third-order valence-electron chi connectivity index (χ3n) is 7.14. The minimum atomic E-state index is -0.899. The fraction of sp³-hybridized carbons (Fsp3) is 0.355. The number of methoxy groups -OCH3 is 1. The summed E-state index contributed by atoms with van der Waals surface area (Å²) in [5.41, 5.74) is 2.21. The van der Waals surface area contributed by atoms with Crippen molar-refractivity contribution in [2.45, 2.75) is 58.0 Å². The lowest BCUT2D eigenvalue weighted by molar-refractivity contribution is -0.394. The topological polar surface area (TPSA) is 139 Å². The molecule has 0 amide bonds. The molecule has 3 aromatic rings. The van der Waals surface area contributed by atoms with Crippen LogP contribution in [0.4, 0.5) is 11.4 Å². The van der Waals surface area contributed by atoms with Gasteiger partial charge >= 0.3 is 0 Å². The van der Waals surface area contributed by atoms with Gasteiger partial charge in [0.2, 0.25) is 0 Å². The largest absolute Gasteiger partial charge is 0.496 e. The van der Waals surface area contributed by atoms with E-state index in [1.165, 1.54) is 49.7 Å². The molecule has 0 bridgehead atoms. The Labute approximate surface area is 238 Å². The Bertz CT molecular complexity index is 1330. The van der Waals surface area contributed by atoms with Gasteiger partial charge in [0.25, 0.3) is 17.8 Å². The zero-order valence-corrected chi connectivity index (χ0v) is 23.2. The lowest BCUT2D eigenvalue weighted by Gasteiger charge is -2.25. The molecule has 1 aliphatic rings. The van der Waals surface area contributed by atoms with Crippen molar-refractivity contribution >= 4 is 23.6 Å². The second-order valence-electron chi connectivity index (χ2n) is 9.86. The van der Waals surface area contributed by atoms with Crippen LogP contribution in [0.25, 0.3) is 0 Å². The third-order valence-corrected chi connectivity index (χ3v) is 7.14. The molecule has 41 heavy (non-hydrogen) atoms. The molecule has 1 aliphatic carbocycles. The molecule has 10 nitrogen and oxygen atoms in total. The monoisotopic (exact) mass is 562 g/mol. The quantitative estimate of drug-likeness (QED) is 0.0997. The zero-order chi connectivity index (χ0) is 29.8. The number of unbranched alkanes of at least 4 members (excludes halogenated alkanes) is 1. The first kappa shape index (κ1) is 30.9. The predicted octanol–water partition coefficient (Wildman–Crippen LogP) is 6.98. The van der Waals surface area contributed by atoms with E-state index in [-0.39, 0.29) is 18.5 Å². The Hall–Kier alpha value is -4.60. The Balaban J connectivity index is 0.000000248. The van der Waals surface area contributed by atoms with Crippen molar-refractivity contribution in [2.24, 2.45) is 5.92 Å². The maximum absolute atomic E-state index is 12.4. The van der Waals surface area contributed by atoms with E-state index in [1.807, 2.05) is 0 Å². The molecule has 2 atom stereocenters. The molecule has 0 radical (unpaired) electrons. The lowest BCUT2D eigenvalue weighted by atomic mass is 9.81. The van der Waals surface area contributed by atoms with Gasteiger partial charge in [-0.15, -0.1) is 0 Å². The highest BCUT2D eigenvalue weighted by Crippen LogP contribution is 2.34. The molecule has 216 valence electrons.